The monoisotopic (exact) mass is 390 g/mol. The molecule has 24 heavy (non-hydrogen) atoms. The Morgan fingerprint density at radius 3 is 2.42 bits per heavy atom. The van der Waals surface area contributed by atoms with Crippen LogP contribution < -0.4 is 15.0 Å². The average Bonchev–Trinajstić information content (AvgIpc) is 2.58. The number of nitrogens with zero attached hydrogens (tertiary/aromatic N) is 1. The van der Waals surface area contributed by atoms with E-state index in [1.807, 2.05) is 42.5 Å². The topological polar surface area (TPSA) is 58.6 Å². The molecule has 5 nitrogen and oxygen atoms in total. The van der Waals surface area contributed by atoms with Gasteiger partial charge in [0.2, 0.25) is 5.91 Å². The third-order valence-electron chi connectivity index (χ3n) is 3.29. The molecule has 2 amide bonds. The summed E-state index contributed by atoms with van der Waals surface area (Å²) in [5.74, 6) is 0.331. The molecule has 0 radical (unpaired) electrons. The fourth-order valence-corrected chi connectivity index (χ4v) is 2.64. The number of nitrogens with one attached hydrogen (secondary N) is 1. The van der Waals surface area contributed by atoms with Crippen LogP contribution in [0.15, 0.2) is 59.1 Å². The van der Waals surface area contributed by atoms with Gasteiger partial charge in [0.25, 0.3) is 5.91 Å². The molecule has 126 valence electrons. The van der Waals surface area contributed by atoms with Gasteiger partial charge in [0, 0.05) is 24.5 Å². The van der Waals surface area contributed by atoms with Crippen molar-refractivity contribution in [3.8, 4) is 5.75 Å². The smallest absolute Gasteiger partial charge is 0.258 e. The number of carbonyl (C=O) groups excluding carboxylic acids is 2. The normalized spacial score (nSPS) is 10.1. The van der Waals surface area contributed by atoms with E-state index in [0.717, 1.165) is 10.2 Å². The zero-order valence-corrected chi connectivity index (χ0v) is 15.0. The minimum atomic E-state index is -0.227. The van der Waals surface area contributed by atoms with Crippen molar-refractivity contribution in [3.63, 3.8) is 0 Å². The van der Waals surface area contributed by atoms with Gasteiger partial charge in [-0.25, -0.2) is 0 Å². The Morgan fingerprint density at radius 2 is 1.75 bits per heavy atom. The van der Waals surface area contributed by atoms with Gasteiger partial charge >= 0.3 is 0 Å². The van der Waals surface area contributed by atoms with Crippen LogP contribution in [-0.2, 0) is 9.59 Å². The summed E-state index contributed by atoms with van der Waals surface area (Å²) in [5, 5.41) is 2.75. The van der Waals surface area contributed by atoms with E-state index in [0.29, 0.717) is 18.8 Å². The summed E-state index contributed by atoms with van der Waals surface area (Å²) in [6, 6.07) is 16.6. The van der Waals surface area contributed by atoms with Gasteiger partial charge in [-0.2, -0.15) is 0 Å². The summed E-state index contributed by atoms with van der Waals surface area (Å²) >= 11 is 3.44. The van der Waals surface area contributed by atoms with E-state index in [9.17, 15) is 9.59 Å². The first-order valence-corrected chi connectivity index (χ1v) is 8.34. The standard InChI is InChI=1S/C18H19BrN2O3/c1-14(22)21(17-10-6-5-9-16(17)19)12-11-20-18(23)13-24-15-7-3-2-4-8-15/h2-10H,11-13H2,1H3,(H,20,23). The van der Waals surface area contributed by atoms with E-state index >= 15 is 0 Å². The Labute approximate surface area is 149 Å². The van der Waals surface area contributed by atoms with Crippen molar-refractivity contribution in [1.29, 1.82) is 0 Å². The largest absolute Gasteiger partial charge is 0.484 e. The van der Waals surface area contributed by atoms with Crippen LogP contribution in [0.5, 0.6) is 5.75 Å². The molecule has 1 N–H and O–H groups in total. The lowest BCUT2D eigenvalue weighted by molar-refractivity contribution is -0.123. The third-order valence-corrected chi connectivity index (χ3v) is 3.96. The molecule has 0 heterocycles. The molecule has 0 aliphatic heterocycles. The zero-order valence-electron chi connectivity index (χ0n) is 13.4. The van der Waals surface area contributed by atoms with E-state index < -0.39 is 0 Å². The van der Waals surface area contributed by atoms with Gasteiger partial charge in [-0.15, -0.1) is 0 Å². The lowest BCUT2D eigenvalue weighted by atomic mass is 10.3. The number of hydrogen-bond acceptors (Lipinski definition) is 3. The molecule has 6 heteroatoms. The van der Waals surface area contributed by atoms with Gasteiger partial charge in [-0.05, 0) is 40.2 Å². The molecule has 2 aromatic carbocycles. The molecule has 0 fully saturated rings. The number of anilines is 1. The summed E-state index contributed by atoms with van der Waals surface area (Å²) in [7, 11) is 0. The number of benzene rings is 2. The Morgan fingerprint density at radius 1 is 1.08 bits per heavy atom. The summed E-state index contributed by atoms with van der Waals surface area (Å²) in [6.45, 7) is 2.17. The van der Waals surface area contributed by atoms with Crippen LogP contribution in [-0.4, -0.2) is 31.5 Å². The summed E-state index contributed by atoms with van der Waals surface area (Å²) in [6.07, 6.45) is 0. The number of carbonyl (C=O) groups is 2. The SMILES string of the molecule is CC(=O)N(CCNC(=O)COc1ccccc1)c1ccccc1Br. The Hall–Kier alpha value is -2.34. The Balaban J connectivity index is 1.81. The van der Waals surface area contributed by atoms with Crippen LogP contribution in [0.2, 0.25) is 0 Å². The Bertz CT molecular complexity index is 692. The first-order valence-electron chi connectivity index (χ1n) is 7.55. The quantitative estimate of drug-likeness (QED) is 0.790. The van der Waals surface area contributed by atoms with Crippen LogP contribution in [0, 0.1) is 0 Å². The second-order valence-corrected chi connectivity index (χ2v) is 5.93. The fraction of sp³-hybridized carbons (Fsp3) is 0.222. The second kappa shape index (κ2) is 9.08. The molecule has 0 atom stereocenters. The molecular weight excluding hydrogens is 372 g/mol. The number of rotatable bonds is 7. The second-order valence-electron chi connectivity index (χ2n) is 5.07. The highest BCUT2D eigenvalue weighted by Crippen LogP contribution is 2.25. The molecule has 0 aliphatic carbocycles. The molecule has 0 saturated heterocycles. The number of halogens is 1. The minimum Gasteiger partial charge on any atom is -0.484 e. The van der Waals surface area contributed by atoms with Crippen LogP contribution >= 0.6 is 15.9 Å². The number of ether oxygens (including phenoxy) is 1. The molecule has 0 saturated carbocycles. The molecule has 0 unspecified atom stereocenters. The highest BCUT2D eigenvalue weighted by molar-refractivity contribution is 9.10. The van der Waals surface area contributed by atoms with E-state index in [-0.39, 0.29) is 18.4 Å². The van der Waals surface area contributed by atoms with Gasteiger partial charge < -0.3 is 15.0 Å². The van der Waals surface area contributed by atoms with Crippen molar-refractivity contribution in [2.75, 3.05) is 24.6 Å². The van der Waals surface area contributed by atoms with Gasteiger partial charge in [0.05, 0.1) is 5.69 Å². The molecule has 0 bridgehead atoms. The van der Waals surface area contributed by atoms with Crippen molar-refractivity contribution in [2.24, 2.45) is 0 Å². The van der Waals surface area contributed by atoms with Crippen LogP contribution in [0.25, 0.3) is 0 Å². The minimum absolute atomic E-state index is 0.0564. The van der Waals surface area contributed by atoms with Gasteiger partial charge in [-0.1, -0.05) is 30.3 Å². The van der Waals surface area contributed by atoms with Crippen molar-refractivity contribution in [1.82, 2.24) is 5.32 Å². The maximum atomic E-state index is 11.9. The molecule has 0 spiro atoms. The first kappa shape index (κ1) is 18.0. The fourth-order valence-electron chi connectivity index (χ4n) is 2.14. The van der Waals surface area contributed by atoms with Gasteiger partial charge in [0.1, 0.15) is 5.75 Å². The molecular formula is C18H19BrN2O3. The highest BCUT2D eigenvalue weighted by atomic mass is 79.9. The van der Waals surface area contributed by atoms with Crippen molar-refractivity contribution >= 4 is 33.4 Å². The molecule has 0 aliphatic rings. The lowest BCUT2D eigenvalue weighted by Crippen LogP contribution is -2.39. The van der Waals surface area contributed by atoms with E-state index in [4.69, 9.17) is 4.74 Å². The van der Waals surface area contributed by atoms with Crippen molar-refractivity contribution in [2.45, 2.75) is 6.92 Å². The van der Waals surface area contributed by atoms with Gasteiger partial charge in [0.15, 0.2) is 6.61 Å². The highest BCUT2D eigenvalue weighted by Gasteiger charge is 2.14. The molecule has 2 rings (SSSR count). The van der Waals surface area contributed by atoms with Gasteiger partial charge in [-0.3, -0.25) is 9.59 Å². The number of para-hydroxylation sites is 2. The maximum absolute atomic E-state index is 11.9. The third kappa shape index (κ3) is 5.38. The van der Waals surface area contributed by atoms with Crippen molar-refractivity contribution in [3.05, 3.63) is 59.1 Å². The predicted molar refractivity (Wildman–Crippen MR) is 97.1 cm³/mol. The number of hydrogen-bond donors (Lipinski definition) is 1. The number of amides is 2. The zero-order chi connectivity index (χ0) is 17.4. The van der Waals surface area contributed by atoms with E-state index in [1.165, 1.54) is 6.92 Å². The first-order chi connectivity index (χ1) is 11.6. The lowest BCUT2D eigenvalue weighted by Gasteiger charge is -2.22. The molecule has 2 aromatic rings. The average molecular weight is 391 g/mol. The summed E-state index contributed by atoms with van der Waals surface area (Å²) in [4.78, 5) is 25.3. The van der Waals surface area contributed by atoms with Crippen LogP contribution in [0.1, 0.15) is 6.92 Å². The predicted octanol–water partition coefficient (Wildman–Crippen LogP) is 3.00. The van der Waals surface area contributed by atoms with Crippen LogP contribution in [0.4, 0.5) is 5.69 Å². The summed E-state index contributed by atoms with van der Waals surface area (Å²) in [5.41, 5.74) is 0.778. The van der Waals surface area contributed by atoms with E-state index in [1.54, 1.807) is 17.0 Å². The van der Waals surface area contributed by atoms with Crippen LogP contribution in [0.3, 0.4) is 0 Å². The summed E-state index contributed by atoms with van der Waals surface area (Å²) < 4.78 is 6.21. The van der Waals surface area contributed by atoms with E-state index in [2.05, 4.69) is 21.2 Å². The molecule has 0 aromatic heterocycles. The van der Waals surface area contributed by atoms with Crippen molar-refractivity contribution < 1.29 is 14.3 Å². The maximum Gasteiger partial charge on any atom is 0.258 e. The Kier molecular flexibility index (Phi) is 6.81.